The first-order valence-corrected chi connectivity index (χ1v) is 4.12. The summed E-state index contributed by atoms with van der Waals surface area (Å²) in [5.41, 5.74) is 0. The van der Waals surface area contributed by atoms with Gasteiger partial charge in [0.05, 0.1) is 13.0 Å². The first kappa shape index (κ1) is 9.83. The number of rotatable bonds is 1. The molecule has 5 nitrogen and oxygen atoms in total. The van der Waals surface area contributed by atoms with E-state index in [9.17, 15) is 9.59 Å². The highest BCUT2D eigenvalue weighted by atomic mass is 16.5. The smallest absolute Gasteiger partial charge is 0.409 e. The SMILES string of the molecule is COC(=O)N1CC(C)C(C(=O)O)C1. The molecular formula is C8H13NO4. The average molecular weight is 187 g/mol. The maximum atomic E-state index is 11.0. The number of hydrogen-bond acceptors (Lipinski definition) is 3. The van der Waals surface area contributed by atoms with Crippen LogP contribution in [0.5, 0.6) is 0 Å². The Morgan fingerprint density at radius 1 is 1.46 bits per heavy atom. The van der Waals surface area contributed by atoms with E-state index in [1.807, 2.05) is 6.92 Å². The molecule has 0 aromatic rings. The molecule has 0 spiro atoms. The van der Waals surface area contributed by atoms with Crippen molar-refractivity contribution in [3.63, 3.8) is 0 Å². The highest BCUT2D eigenvalue weighted by molar-refractivity contribution is 5.74. The molecule has 1 fully saturated rings. The zero-order valence-electron chi connectivity index (χ0n) is 7.69. The molecular weight excluding hydrogens is 174 g/mol. The number of hydrogen-bond donors (Lipinski definition) is 1. The van der Waals surface area contributed by atoms with Crippen molar-refractivity contribution in [1.29, 1.82) is 0 Å². The highest BCUT2D eigenvalue weighted by Crippen LogP contribution is 2.23. The van der Waals surface area contributed by atoms with Gasteiger partial charge in [0.25, 0.3) is 0 Å². The summed E-state index contributed by atoms with van der Waals surface area (Å²) in [5, 5.41) is 8.78. The molecule has 2 unspecified atom stereocenters. The molecule has 0 saturated carbocycles. The van der Waals surface area contributed by atoms with Crippen molar-refractivity contribution in [1.82, 2.24) is 4.90 Å². The lowest BCUT2D eigenvalue weighted by atomic mass is 9.99. The summed E-state index contributed by atoms with van der Waals surface area (Å²) in [5.74, 6) is -1.31. The Bertz CT molecular complexity index is 228. The van der Waals surface area contributed by atoms with Gasteiger partial charge in [0.1, 0.15) is 0 Å². The number of amides is 1. The summed E-state index contributed by atoms with van der Waals surface area (Å²) < 4.78 is 4.50. The van der Waals surface area contributed by atoms with Crippen LogP contribution in [0.2, 0.25) is 0 Å². The molecule has 5 heteroatoms. The van der Waals surface area contributed by atoms with E-state index in [1.165, 1.54) is 12.0 Å². The summed E-state index contributed by atoms with van der Waals surface area (Å²) in [6.45, 7) is 2.54. The van der Waals surface area contributed by atoms with Gasteiger partial charge >= 0.3 is 12.1 Å². The normalized spacial score (nSPS) is 27.4. The molecule has 74 valence electrons. The Morgan fingerprint density at radius 2 is 2.08 bits per heavy atom. The monoisotopic (exact) mass is 187 g/mol. The van der Waals surface area contributed by atoms with E-state index < -0.39 is 18.0 Å². The molecule has 1 rings (SSSR count). The van der Waals surface area contributed by atoms with Crippen LogP contribution in [-0.2, 0) is 9.53 Å². The van der Waals surface area contributed by atoms with Crippen LogP contribution in [0, 0.1) is 11.8 Å². The number of methoxy groups -OCH3 is 1. The topological polar surface area (TPSA) is 66.8 Å². The van der Waals surface area contributed by atoms with Crippen LogP contribution in [0.4, 0.5) is 4.79 Å². The van der Waals surface area contributed by atoms with Crippen molar-refractivity contribution in [3.05, 3.63) is 0 Å². The average Bonchev–Trinajstić information content (AvgIpc) is 2.46. The van der Waals surface area contributed by atoms with Gasteiger partial charge in [0.2, 0.25) is 0 Å². The number of aliphatic carboxylic acids is 1. The molecule has 0 aromatic carbocycles. The number of carboxylic acids is 1. The Kier molecular flexibility index (Phi) is 2.75. The van der Waals surface area contributed by atoms with E-state index in [0.29, 0.717) is 6.54 Å². The fourth-order valence-electron chi connectivity index (χ4n) is 1.57. The third-order valence-electron chi connectivity index (χ3n) is 2.36. The van der Waals surface area contributed by atoms with Crippen molar-refractivity contribution < 1.29 is 19.4 Å². The zero-order chi connectivity index (χ0) is 10.0. The second-order valence-electron chi connectivity index (χ2n) is 3.30. The number of carbonyl (C=O) groups is 2. The fourth-order valence-corrected chi connectivity index (χ4v) is 1.57. The van der Waals surface area contributed by atoms with E-state index in [0.717, 1.165) is 0 Å². The first-order valence-electron chi connectivity index (χ1n) is 4.12. The molecule has 1 saturated heterocycles. The highest BCUT2D eigenvalue weighted by Gasteiger charge is 2.37. The van der Waals surface area contributed by atoms with E-state index in [4.69, 9.17) is 5.11 Å². The van der Waals surface area contributed by atoms with Crippen LogP contribution < -0.4 is 0 Å². The molecule has 0 radical (unpaired) electrons. The fraction of sp³-hybridized carbons (Fsp3) is 0.750. The number of carbonyl (C=O) groups excluding carboxylic acids is 1. The predicted octanol–water partition coefficient (Wildman–Crippen LogP) is 0.405. The molecule has 13 heavy (non-hydrogen) atoms. The number of carboxylic acid groups (broad SMARTS) is 1. The number of likely N-dealkylation sites (tertiary alicyclic amines) is 1. The molecule has 1 amide bonds. The van der Waals surface area contributed by atoms with Crippen molar-refractivity contribution in [2.45, 2.75) is 6.92 Å². The van der Waals surface area contributed by atoms with Gasteiger partial charge in [-0.3, -0.25) is 4.79 Å². The van der Waals surface area contributed by atoms with Crippen LogP contribution in [-0.4, -0.2) is 42.3 Å². The molecule has 1 heterocycles. The van der Waals surface area contributed by atoms with Crippen molar-refractivity contribution >= 4 is 12.1 Å². The van der Waals surface area contributed by atoms with E-state index in [1.54, 1.807) is 0 Å². The van der Waals surface area contributed by atoms with Crippen LogP contribution in [0.25, 0.3) is 0 Å². The second kappa shape index (κ2) is 3.64. The molecule has 2 atom stereocenters. The lowest BCUT2D eigenvalue weighted by Crippen LogP contribution is -2.29. The van der Waals surface area contributed by atoms with Gasteiger partial charge in [-0.1, -0.05) is 6.92 Å². The van der Waals surface area contributed by atoms with Gasteiger partial charge in [-0.05, 0) is 5.92 Å². The Labute approximate surface area is 76.3 Å². The first-order chi connectivity index (χ1) is 6.06. The number of ether oxygens (including phenoxy) is 1. The Balaban J connectivity index is 2.59. The number of nitrogens with zero attached hydrogens (tertiary/aromatic N) is 1. The summed E-state index contributed by atoms with van der Waals surface area (Å²) in [6, 6.07) is 0. The zero-order valence-corrected chi connectivity index (χ0v) is 7.69. The standard InChI is InChI=1S/C8H13NO4/c1-5-3-9(8(12)13-2)4-6(5)7(10)11/h5-6H,3-4H2,1-2H3,(H,10,11). The minimum Gasteiger partial charge on any atom is -0.481 e. The van der Waals surface area contributed by atoms with Gasteiger partial charge < -0.3 is 14.7 Å². The van der Waals surface area contributed by atoms with Crippen LogP contribution in [0.1, 0.15) is 6.92 Å². The van der Waals surface area contributed by atoms with E-state index in [2.05, 4.69) is 4.74 Å². The minimum absolute atomic E-state index is 0.00315. The van der Waals surface area contributed by atoms with Gasteiger partial charge in [0, 0.05) is 13.1 Å². The Hall–Kier alpha value is -1.26. The largest absolute Gasteiger partial charge is 0.481 e. The molecule has 1 N–H and O–H groups in total. The minimum atomic E-state index is -0.848. The van der Waals surface area contributed by atoms with Crippen LogP contribution in [0.3, 0.4) is 0 Å². The molecule has 0 aliphatic carbocycles. The predicted molar refractivity (Wildman–Crippen MR) is 44.3 cm³/mol. The van der Waals surface area contributed by atoms with Gasteiger partial charge in [-0.2, -0.15) is 0 Å². The maximum Gasteiger partial charge on any atom is 0.409 e. The lowest BCUT2D eigenvalue weighted by molar-refractivity contribution is -0.142. The van der Waals surface area contributed by atoms with Crippen molar-refractivity contribution in [2.75, 3.05) is 20.2 Å². The van der Waals surface area contributed by atoms with Crippen molar-refractivity contribution in [3.8, 4) is 0 Å². The summed E-state index contributed by atoms with van der Waals surface area (Å²) in [4.78, 5) is 23.1. The molecule has 0 bridgehead atoms. The summed E-state index contributed by atoms with van der Waals surface area (Å²) in [6.07, 6.45) is -0.449. The van der Waals surface area contributed by atoms with Gasteiger partial charge in [-0.25, -0.2) is 4.79 Å². The van der Waals surface area contributed by atoms with Crippen molar-refractivity contribution in [2.24, 2.45) is 11.8 Å². The van der Waals surface area contributed by atoms with E-state index in [-0.39, 0.29) is 12.5 Å². The van der Waals surface area contributed by atoms with Crippen LogP contribution >= 0.6 is 0 Å². The van der Waals surface area contributed by atoms with E-state index >= 15 is 0 Å². The molecule has 1 aliphatic heterocycles. The third kappa shape index (κ3) is 1.91. The second-order valence-corrected chi connectivity index (χ2v) is 3.30. The maximum absolute atomic E-state index is 11.0. The quantitative estimate of drug-likeness (QED) is 0.645. The molecule has 1 aliphatic rings. The third-order valence-corrected chi connectivity index (χ3v) is 2.36. The molecule has 0 aromatic heterocycles. The van der Waals surface area contributed by atoms with Gasteiger partial charge in [0.15, 0.2) is 0 Å². The summed E-state index contributed by atoms with van der Waals surface area (Å²) in [7, 11) is 1.29. The van der Waals surface area contributed by atoms with Crippen LogP contribution in [0.15, 0.2) is 0 Å². The Morgan fingerprint density at radius 3 is 2.46 bits per heavy atom. The summed E-state index contributed by atoms with van der Waals surface area (Å²) >= 11 is 0. The van der Waals surface area contributed by atoms with Gasteiger partial charge in [-0.15, -0.1) is 0 Å². The lowest BCUT2D eigenvalue weighted by Gasteiger charge is -2.12.